The number of piperidine rings is 1. The summed E-state index contributed by atoms with van der Waals surface area (Å²) in [5.41, 5.74) is 2.17. The summed E-state index contributed by atoms with van der Waals surface area (Å²) in [6.07, 6.45) is 5.72. The largest absolute Gasteiger partial charge is 0.462 e. The number of hydrogen-bond acceptors (Lipinski definition) is 6. The van der Waals surface area contributed by atoms with Gasteiger partial charge in [-0.25, -0.2) is 9.69 Å². The molecular formula is C23H25N3O4. The Hall–Kier alpha value is -3.06. The Bertz CT molecular complexity index is 921. The predicted octanol–water partition coefficient (Wildman–Crippen LogP) is 2.77. The van der Waals surface area contributed by atoms with Gasteiger partial charge in [0.05, 0.1) is 30.3 Å². The minimum atomic E-state index is -0.418. The molecule has 4 rings (SSSR count). The Labute approximate surface area is 175 Å². The summed E-state index contributed by atoms with van der Waals surface area (Å²) in [7, 11) is 0. The van der Waals surface area contributed by atoms with Crippen LogP contribution in [0.4, 0.5) is 5.69 Å². The van der Waals surface area contributed by atoms with Crippen molar-refractivity contribution < 1.29 is 19.1 Å². The van der Waals surface area contributed by atoms with Crippen LogP contribution >= 0.6 is 0 Å². The fourth-order valence-electron chi connectivity index (χ4n) is 4.31. The summed E-state index contributed by atoms with van der Waals surface area (Å²) < 4.78 is 4.98. The first-order chi connectivity index (χ1) is 14.6. The predicted molar refractivity (Wildman–Crippen MR) is 111 cm³/mol. The first-order valence-electron chi connectivity index (χ1n) is 10.4. The third-order valence-electron chi connectivity index (χ3n) is 5.91. The molecule has 156 valence electrons. The van der Waals surface area contributed by atoms with Crippen LogP contribution in [0.15, 0.2) is 48.8 Å². The van der Waals surface area contributed by atoms with Crippen molar-refractivity contribution in [3.05, 3.63) is 59.9 Å². The molecule has 0 radical (unpaired) electrons. The van der Waals surface area contributed by atoms with E-state index in [9.17, 15) is 14.4 Å². The van der Waals surface area contributed by atoms with Crippen LogP contribution in [0.2, 0.25) is 0 Å². The SMILES string of the molecule is CCOC(=O)c1ccc(N2C(=O)C[C@H](N3CCC(c4ccncc4)CC3)C2=O)cc1. The molecule has 0 saturated carbocycles. The average Bonchev–Trinajstić information content (AvgIpc) is 3.08. The molecule has 7 heteroatoms. The van der Waals surface area contributed by atoms with Crippen LogP contribution in [-0.4, -0.2) is 53.4 Å². The zero-order chi connectivity index (χ0) is 21.1. The molecule has 7 nitrogen and oxygen atoms in total. The van der Waals surface area contributed by atoms with E-state index in [4.69, 9.17) is 4.74 Å². The van der Waals surface area contributed by atoms with Gasteiger partial charge in [0.1, 0.15) is 0 Å². The summed E-state index contributed by atoms with van der Waals surface area (Å²) in [6.45, 7) is 3.61. The smallest absolute Gasteiger partial charge is 0.338 e. The van der Waals surface area contributed by atoms with Crippen molar-refractivity contribution in [2.24, 2.45) is 0 Å². The minimum Gasteiger partial charge on any atom is -0.462 e. The molecule has 2 fully saturated rings. The quantitative estimate of drug-likeness (QED) is 0.560. The highest BCUT2D eigenvalue weighted by atomic mass is 16.5. The zero-order valence-corrected chi connectivity index (χ0v) is 17.0. The van der Waals surface area contributed by atoms with Gasteiger partial charge >= 0.3 is 5.97 Å². The van der Waals surface area contributed by atoms with Crippen molar-refractivity contribution in [2.75, 3.05) is 24.6 Å². The van der Waals surface area contributed by atoms with E-state index in [0.29, 0.717) is 23.8 Å². The number of esters is 1. The van der Waals surface area contributed by atoms with Gasteiger partial charge in [0.2, 0.25) is 5.91 Å². The summed E-state index contributed by atoms with van der Waals surface area (Å²) in [5, 5.41) is 0. The second-order valence-electron chi connectivity index (χ2n) is 7.65. The van der Waals surface area contributed by atoms with Gasteiger partial charge in [-0.05, 0) is 80.7 Å². The van der Waals surface area contributed by atoms with E-state index in [1.807, 2.05) is 24.5 Å². The van der Waals surface area contributed by atoms with Crippen LogP contribution in [0.5, 0.6) is 0 Å². The normalized spacial score (nSPS) is 20.6. The Morgan fingerprint density at radius 3 is 2.37 bits per heavy atom. The third-order valence-corrected chi connectivity index (χ3v) is 5.91. The molecule has 2 saturated heterocycles. The molecule has 2 amide bonds. The maximum absolute atomic E-state index is 13.1. The molecular weight excluding hydrogens is 382 g/mol. The van der Waals surface area contributed by atoms with Crippen LogP contribution < -0.4 is 4.90 Å². The Balaban J connectivity index is 1.41. The van der Waals surface area contributed by atoms with Gasteiger partial charge in [-0.1, -0.05) is 0 Å². The Kier molecular flexibility index (Phi) is 5.90. The number of rotatable bonds is 5. The molecule has 0 spiro atoms. The molecule has 2 aromatic rings. The molecule has 2 aliphatic heterocycles. The number of imide groups is 1. The lowest BCUT2D eigenvalue weighted by Gasteiger charge is -2.34. The third kappa shape index (κ3) is 3.98. The summed E-state index contributed by atoms with van der Waals surface area (Å²) in [5.74, 6) is -0.350. The number of carbonyl (C=O) groups is 3. The highest BCUT2D eigenvalue weighted by Gasteiger charge is 2.43. The van der Waals surface area contributed by atoms with Crippen LogP contribution in [0, 0.1) is 0 Å². The number of amides is 2. The number of ether oxygens (including phenoxy) is 1. The van der Waals surface area contributed by atoms with E-state index in [2.05, 4.69) is 9.88 Å². The number of nitrogens with zero attached hydrogens (tertiary/aromatic N) is 3. The first kappa shape index (κ1) is 20.2. The second-order valence-corrected chi connectivity index (χ2v) is 7.65. The fraction of sp³-hybridized carbons (Fsp3) is 0.391. The number of anilines is 1. The van der Waals surface area contributed by atoms with Crippen molar-refractivity contribution >= 4 is 23.5 Å². The number of likely N-dealkylation sites (tertiary alicyclic amines) is 1. The molecule has 1 atom stereocenters. The van der Waals surface area contributed by atoms with Crippen LogP contribution in [-0.2, 0) is 14.3 Å². The number of hydrogen-bond donors (Lipinski definition) is 0. The second kappa shape index (κ2) is 8.75. The van der Waals surface area contributed by atoms with Crippen molar-refractivity contribution in [3.63, 3.8) is 0 Å². The van der Waals surface area contributed by atoms with E-state index in [1.54, 1.807) is 31.2 Å². The molecule has 1 aromatic heterocycles. The van der Waals surface area contributed by atoms with E-state index < -0.39 is 12.0 Å². The monoisotopic (exact) mass is 407 g/mol. The Morgan fingerprint density at radius 1 is 1.07 bits per heavy atom. The number of benzene rings is 1. The standard InChI is InChI=1S/C23H25N3O4/c1-2-30-23(29)18-3-5-19(6-4-18)26-21(27)15-20(22(26)28)25-13-9-17(10-14-25)16-7-11-24-12-8-16/h3-8,11-12,17,20H,2,9-10,13-15H2,1H3/t20-/m0/s1. The van der Waals surface area contributed by atoms with Crippen molar-refractivity contribution in [1.29, 1.82) is 0 Å². The summed E-state index contributed by atoms with van der Waals surface area (Å²) >= 11 is 0. The van der Waals surface area contributed by atoms with Gasteiger partial charge < -0.3 is 4.74 Å². The summed E-state index contributed by atoms with van der Waals surface area (Å²) in [4.78, 5) is 44.9. The lowest BCUT2D eigenvalue weighted by atomic mass is 9.89. The minimum absolute atomic E-state index is 0.189. The fourth-order valence-corrected chi connectivity index (χ4v) is 4.31. The maximum Gasteiger partial charge on any atom is 0.338 e. The van der Waals surface area contributed by atoms with E-state index in [1.165, 1.54) is 10.5 Å². The van der Waals surface area contributed by atoms with E-state index in [-0.39, 0.29) is 18.2 Å². The average molecular weight is 407 g/mol. The summed E-state index contributed by atoms with van der Waals surface area (Å²) in [6, 6.07) is 10.1. The van der Waals surface area contributed by atoms with Crippen LogP contribution in [0.1, 0.15) is 48.0 Å². The number of carbonyl (C=O) groups excluding carboxylic acids is 3. The topological polar surface area (TPSA) is 79.8 Å². The first-order valence-corrected chi connectivity index (χ1v) is 10.4. The molecule has 30 heavy (non-hydrogen) atoms. The van der Waals surface area contributed by atoms with Gasteiger partial charge in [0.25, 0.3) is 5.91 Å². The molecule has 0 aliphatic carbocycles. The van der Waals surface area contributed by atoms with Gasteiger partial charge in [0.15, 0.2) is 0 Å². The molecule has 3 heterocycles. The highest BCUT2D eigenvalue weighted by molar-refractivity contribution is 6.22. The van der Waals surface area contributed by atoms with Gasteiger partial charge in [-0.15, -0.1) is 0 Å². The molecule has 2 aliphatic rings. The van der Waals surface area contributed by atoms with Crippen molar-refractivity contribution in [1.82, 2.24) is 9.88 Å². The lowest BCUT2D eigenvalue weighted by Crippen LogP contribution is -2.45. The lowest BCUT2D eigenvalue weighted by molar-refractivity contribution is -0.123. The van der Waals surface area contributed by atoms with E-state index >= 15 is 0 Å². The van der Waals surface area contributed by atoms with E-state index in [0.717, 1.165) is 25.9 Å². The maximum atomic E-state index is 13.1. The van der Waals surface area contributed by atoms with Gasteiger partial charge in [0, 0.05) is 12.4 Å². The Morgan fingerprint density at radius 2 is 1.73 bits per heavy atom. The van der Waals surface area contributed by atoms with Crippen molar-refractivity contribution in [2.45, 2.75) is 38.1 Å². The highest BCUT2D eigenvalue weighted by Crippen LogP contribution is 2.32. The molecule has 0 bridgehead atoms. The van der Waals surface area contributed by atoms with Gasteiger partial charge in [-0.2, -0.15) is 0 Å². The van der Waals surface area contributed by atoms with Crippen LogP contribution in [0.3, 0.4) is 0 Å². The number of aromatic nitrogens is 1. The molecule has 0 N–H and O–H groups in total. The van der Waals surface area contributed by atoms with Crippen LogP contribution in [0.25, 0.3) is 0 Å². The van der Waals surface area contributed by atoms with Gasteiger partial charge in [-0.3, -0.25) is 19.5 Å². The zero-order valence-electron chi connectivity index (χ0n) is 17.0. The molecule has 0 unspecified atom stereocenters. The molecule has 1 aromatic carbocycles. The van der Waals surface area contributed by atoms with Crippen molar-refractivity contribution in [3.8, 4) is 0 Å². The number of pyridine rings is 1.